The van der Waals surface area contributed by atoms with Crippen molar-refractivity contribution in [3.63, 3.8) is 0 Å². The van der Waals surface area contributed by atoms with Crippen molar-refractivity contribution < 1.29 is 84.7 Å². The van der Waals surface area contributed by atoms with Crippen LogP contribution in [0.2, 0.25) is 0 Å². The minimum absolute atomic E-state index is 0.105. The first-order valence-corrected chi connectivity index (χ1v) is 26.4. The highest BCUT2D eigenvalue weighted by Crippen LogP contribution is 2.67. The third-order valence-electron chi connectivity index (χ3n) is 14.6. The number of allylic oxidation sites excluding steroid dienone is 1. The number of carbonyl (C=O) groups is 1. The normalized spacial score (nSPS) is 39.8. The standard InChI is InChI=1S/C36H64O18P4/c1-20(2)9-8-10-21(3)27-13-14-28-26-12-11-24-19-25(15-17-35(24,6)29(26)16-18-36(27,28)7)49-34(37)54-58(47,48)53-33-31(51-56(41,42)43)23(5)22(4)30(50-55(38,39)40)32(33)52-57(44,45)46/h11,20-23,25-33H,8-10,12-19H2,1-7H3,(H,47,48)(H2,38,39,40)(H2,41,42,43)(H2,44,45,46)/t21-,22?,23?,25?,26?,27?,28?,29?,30?,31?,32?,33?,35?,36?/m0/s1. The number of fused-ring (bicyclic) bond motifs is 5. The summed E-state index contributed by atoms with van der Waals surface area (Å²) in [6.45, 7) is 14.3. The molecule has 4 fully saturated rings. The van der Waals surface area contributed by atoms with E-state index in [1.807, 2.05) is 0 Å². The van der Waals surface area contributed by atoms with Crippen molar-refractivity contribution in [2.24, 2.45) is 58.2 Å². The predicted octanol–water partition coefficient (Wildman–Crippen LogP) is 7.75. The third-order valence-corrected chi connectivity index (χ3v) is 17.0. The number of hydrogen-bond acceptors (Lipinski definition) is 11. The van der Waals surface area contributed by atoms with Gasteiger partial charge in [-0.25, -0.2) is 23.1 Å². The maximum atomic E-state index is 13.3. The molecule has 18 nitrogen and oxygen atoms in total. The summed E-state index contributed by atoms with van der Waals surface area (Å²) in [5, 5.41) is 0. The van der Waals surface area contributed by atoms with E-state index in [0.717, 1.165) is 24.3 Å². The average Bonchev–Trinajstić information content (AvgIpc) is 3.42. The molecule has 0 aromatic carbocycles. The van der Waals surface area contributed by atoms with E-state index in [0.29, 0.717) is 54.3 Å². The Balaban J connectivity index is 1.27. The first kappa shape index (κ1) is 48.5. The van der Waals surface area contributed by atoms with Gasteiger partial charge in [0.25, 0.3) is 0 Å². The maximum absolute atomic E-state index is 13.3. The van der Waals surface area contributed by atoms with Crippen LogP contribution in [0.25, 0.3) is 0 Å². The lowest BCUT2D eigenvalue weighted by atomic mass is 9.47. The first-order valence-electron chi connectivity index (χ1n) is 20.4. The van der Waals surface area contributed by atoms with E-state index in [9.17, 15) is 57.3 Å². The number of hydrogen-bond donors (Lipinski definition) is 7. The number of phosphoric acid groups is 4. The van der Waals surface area contributed by atoms with Crippen molar-refractivity contribution in [1.29, 1.82) is 0 Å². The topological polar surface area (TPSA) is 282 Å². The summed E-state index contributed by atoms with van der Waals surface area (Å²) >= 11 is 0. The van der Waals surface area contributed by atoms with Gasteiger partial charge >= 0.3 is 37.4 Å². The van der Waals surface area contributed by atoms with Gasteiger partial charge in [0.15, 0.2) is 0 Å². The Kier molecular flexibility index (Phi) is 15.0. The minimum atomic E-state index is -5.72. The van der Waals surface area contributed by atoms with Crippen LogP contribution in [0.5, 0.6) is 0 Å². The van der Waals surface area contributed by atoms with Crippen molar-refractivity contribution >= 4 is 37.4 Å². The number of rotatable bonds is 15. The van der Waals surface area contributed by atoms with E-state index in [4.69, 9.17) is 18.3 Å². The van der Waals surface area contributed by atoms with Crippen molar-refractivity contribution in [2.45, 2.75) is 150 Å². The summed E-state index contributed by atoms with van der Waals surface area (Å²) < 4.78 is 78.6. The number of ether oxygens (including phenoxy) is 1. The lowest BCUT2D eigenvalue weighted by Crippen LogP contribution is -2.59. The molecule has 0 aliphatic heterocycles. The molecule has 336 valence electrons. The molecule has 0 aromatic rings. The molecule has 0 heterocycles. The summed E-state index contributed by atoms with van der Waals surface area (Å²) in [6.07, 6.45) is 2.18. The van der Waals surface area contributed by atoms with Gasteiger partial charge in [-0.1, -0.05) is 79.4 Å². The van der Waals surface area contributed by atoms with Gasteiger partial charge in [-0.2, -0.15) is 0 Å². The molecule has 15 atom stereocenters. The van der Waals surface area contributed by atoms with Crippen LogP contribution in [0, 0.1) is 58.2 Å². The fourth-order valence-corrected chi connectivity index (χ4v) is 14.4. The highest BCUT2D eigenvalue weighted by molar-refractivity contribution is 7.48. The van der Waals surface area contributed by atoms with Gasteiger partial charge in [0.05, 0.1) is 0 Å². The maximum Gasteiger partial charge on any atom is 0.532 e. The number of carbonyl (C=O) groups excluding carboxylic acids is 1. The molecule has 5 aliphatic carbocycles. The third kappa shape index (κ3) is 11.3. The Hall–Kier alpha value is -0.510. The molecule has 0 bridgehead atoms. The molecule has 58 heavy (non-hydrogen) atoms. The van der Waals surface area contributed by atoms with Crippen molar-refractivity contribution in [1.82, 2.24) is 0 Å². The molecule has 4 saturated carbocycles. The molecular weight excluding hydrogens is 844 g/mol. The summed E-state index contributed by atoms with van der Waals surface area (Å²) in [6, 6.07) is 0. The van der Waals surface area contributed by atoms with Crippen molar-refractivity contribution in [3.05, 3.63) is 11.6 Å². The smallest absolute Gasteiger partial charge is 0.430 e. The van der Waals surface area contributed by atoms with E-state index in [1.165, 1.54) is 52.4 Å². The first-order chi connectivity index (χ1) is 26.5. The van der Waals surface area contributed by atoms with Gasteiger partial charge in [0.1, 0.15) is 30.5 Å². The molecule has 5 aliphatic rings. The van der Waals surface area contributed by atoms with Crippen LogP contribution in [-0.4, -0.2) is 70.9 Å². The van der Waals surface area contributed by atoms with Crippen LogP contribution in [0.15, 0.2) is 11.6 Å². The molecular formula is C36H64O18P4. The summed E-state index contributed by atoms with van der Waals surface area (Å²) in [4.78, 5) is 81.4. The fourth-order valence-electron chi connectivity index (χ4n) is 11.8. The molecule has 14 unspecified atom stereocenters. The Bertz CT molecular complexity index is 1710. The molecule has 7 N–H and O–H groups in total. The fraction of sp³-hybridized carbons (Fsp3) is 0.917. The van der Waals surface area contributed by atoms with Gasteiger partial charge in [0.2, 0.25) is 0 Å². The van der Waals surface area contributed by atoms with Crippen LogP contribution in [0.3, 0.4) is 0 Å². The Labute approximate surface area is 340 Å². The highest BCUT2D eigenvalue weighted by atomic mass is 31.2. The van der Waals surface area contributed by atoms with Crippen LogP contribution in [0.4, 0.5) is 4.79 Å². The minimum Gasteiger partial charge on any atom is -0.430 e. The van der Waals surface area contributed by atoms with E-state index < -0.39 is 79.8 Å². The van der Waals surface area contributed by atoms with Crippen LogP contribution < -0.4 is 0 Å². The van der Waals surface area contributed by atoms with E-state index >= 15 is 0 Å². The van der Waals surface area contributed by atoms with Gasteiger partial charge in [-0.15, -0.1) is 0 Å². The number of phosphoric ester groups is 4. The van der Waals surface area contributed by atoms with Crippen LogP contribution in [-0.2, 0) is 45.6 Å². The quantitative estimate of drug-likeness (QED) is 0.0469. The summed E-state index contributed by atoms with van der Waals surface area (Å²) in [7, 11) is -22.3. The molecule has 0 amide bonds. The average molecular weight is 909 g/mol. The van der Waals surface area contributed by atoms with E-state index in [-0.39, 0.29) is 5.41 Å². The Morgan fingerprint density at radius 3 is 1.84 bits per heavy atom. The molecule has 0 radical (unpaired) electrons. The van der Waals surface area contributed by atoms with Crippen LogP contribution >= 0.6 is 31.3 Å². The monoisotopic (exact) mass is 908 g/mol. The molecule has 0 spiro atoms. The molecule has 22 heteroatoms. The van der Waals surface area contributed by atoms with E-state index in [1.54, 1.807) is 0 Å². The van der Waals surface area contributed by atoms with Gasteiger partial charge in [-0.05, 0) is 103 Å². The lowest BCUT2D eigenvalue weighted by Gasteiger charge is -2.58. The Morgan fingerprint density at radius 2 is 1.29 bits per heavy atom. The summed E-state index contributed by atoms with van der Waals surface area (Å²) in [5.41, 5.74) is 1.38. The summed E-state index contributed by atoms with van der Waals surface area (Å²) in [5.74, 6) is 1.35. The van der Waals surface area contributed by atoms with Crippen LogP contribution in [0.1, 0.15) is 119 Å². The largest absolute Gasteiger partial charge is 0.532 e. The van der Waals surface area contributed by atoms with Gasteiger partial charge in [0, 0.05) is 6.42 Å². The van der Waals surface area contributed by atoms with Gasteiger partial charge in [-0.3, -0.25) is 23.0 Å². The Morgan fingerprint density at radius 1 is 0.741 bits per heavy atom. The van der Waals surface area contributed by atoms with E-state index in [2.05, 4.69) is 49.7 Å². The highest BCUT2D eigenvalue weighted by Gasteiger charge is 2.60. The second-order valence-electron chi connectivity index (χ2n) is 18.6. The zero-order valence-corrected chi connectivity index (χ0v) is 37.8. The van der Waals surface area contributed by atoms with Crippen molar-refractivity contribution in [2.75, 3.05) is 0 Å². The van der Waals surface area contributed by atoms with Gasteiger partial charge < -0.3 is 38.6 Å². The van der Waals surface area contributed by atoms with Crippen molar-refractivity contribution in [3.8, 4) is 0 Å². The molecule has 5 rings (SSSR count). The second-order valence-corrected chi connectivity index (χ2v) is 23.5. The predicted molar refractivity (Wildman–Crippen MR) is 208 cm³/mol. The second kappa shape index (κ2) is 17.9. The SMILES string of the molecule is CC(C)CCC[C@H](C)C1CCC2C3CC=C4CC(OC(=O)OP(=O)(O)OC5C(OP(=O)(O)O)C(C)C(C)C(OP(=O)(O)O)C5OP(=O)(O)O)CCC4(C)C3CCC21C. The lowest BCUT2D eigenvalue weighted by molar-refractivity contribution is -0.161. The molecule has 0 saturated heterocycles. The zero-order valence-electron chi connectivity index (χ0n) is 34.3. The molecule has 0 aromatic heterocycles. The zero-order chi connectivity index (χ0) is 43.4.